The highest BCUT2D eigenvalue weighted by Crippen LogP contribution is 2.23. The van der Waals surface area contributed by atoms with E-state index >= 15 is 0 Å². The average Bonchev–Trinajstić information content (AvgIpc) is 2.79. The summed E-state index contributed by atoms with van der Waals surface area (Å²) >= 11 is 0. The molecule has 6 nitrogen and oxygen atoms in total. The predicted octanol–water partition coefficient (Wildman–Crippen LogP) is -0.410. The number of aliphatic hydroxyl groups excluding tert-OH is 1. The molecule has 2 rings (SSSR count). The summed E-state index contributed by atoms with van der Waals surface area (Å²) in [4.78, 5) is 25.5. The Kier molecular flexibility index (Phi) is 3.71. The quantitative estimate of drug-likeness (QED) is 0.632. The monoisotopic (exact) mass is 263 g/mol. The molecular formula is C13H17N3O3. The summed E-state index contributed by atoms with van der Waals surface area (Å²) < 4.78 is 0. The summed E-state index contributed by atoms with van der Waals surface area (Å²) in [7, 11) is 1.51. The first-order valence-electron chi connectivity index (χ1n) is 6.09. The minimum atomic E-state index is -0.684. The van der Waals surface area contributed by atoms with Gasteiger partial charge in [0.1, 0.15) is 6.04 Å². The van der Waals surface area contributed by atoms with Gasteiger partial charge in [0.15, 0.2) is 0 Å². The molecule has 2 unspecified atom stereocenters. The van der Waals surface area contributed by atoms with Crippen LogP contribution in [0.3, 0.4) is 0 Å². The van der Waals surface area contributed by atoms with E-state index in [1.165, 1.54) is 11.9 Å². The predicted molar refractivity (Wildman–Crippen MR) is 70.4 cm³/mol. The maximum Gasteiger partial charge on any atom is 0.256 e. The van der Waals surface area contributed by atoms with Gasteiger partial charge in [0.05, 0.1) is 11.7 Å². The number of likely N-dealkylation sites (tertiary alicyclic amines) is 1. The van der Waals surface area contributed by atoms with Crippen molar-refractivity contribution in [2.24, 2.45) is 0 Å². The Morgan fingerprint density at radius 3 is 2.74 bits per heavy atom. The number of nitrogens with one attached hydrogen (secondary N) is 1. The number of benzene rings is 1. The van der Waals surface area contributed by atoms with Crippen molar-refractivity contribution in [1.82, 2.24) is 10.2 Å². The fraction of sp³-hybridized carbons (Fsp3) is 0.385. The Bertz CT molecular complexity index is 504. The molecule has 0 aliphatic carbocycles. The van der Waals surface area contributed by atoms with E-state index in [0.29, 0.717) is 11.3 Å². The van der Waals surface area contributed by atoms with Crippen LogP contribution in [0.2, 0.25) is 0 Å². The van der Waals surface area contributed by atoms with Crippen LogP contribution in [0.15, 0.2) is 24.3 Å². The second kappa shape index (κ2) is 5.27. The van der Waals surface area contributed by atoms with Crippen LogP contribution < -0.4 is 11.1 Å². The SMILES string of the molecule is CNC(=O)C1CC(O)CN1C(=O)c1ccccc1N. The minimum Gasteiger partial charge on any atom is -0.398 e. The summed E-state index contributed by atoms with van der Waals surface area (Å²) in [5.41, 5.74) is 6.48. The lowest BCUT2D eigenvalue weighted by atomic mass is 10.1. The van der Waals surface area contributed by atoms with Crippen LogP contribution in [0.1, 0.15) is 16.8 Å². The number of aliphatic hydroxyl groups is 1. The smallest absolute Gasteiger partial charge is 0.256 e. The van der Waals surface area contributed by atoms with Crippen molar-refractivity contribution >= 4 is 17.5 Å². The fourth-order valence-corrected chi connectivity index (χ4v) is 2.30. The zero-order valence-corrected chi connectivity index (χ0v) is 10.7. The fourth-order valence-electron chi connectivity index (χ4n) is 2.30. The lowest BCUT2D eigenvalue weighted by Crippen LogP contribution is -2.45. The normalized spacial score (nSPS) is 22.3. The molecule has 6 heteroatoms. The van der Waals surface area contributed by atoms with Crippen LogP contribution in [0.5, 0.6) is 0 Å². The summed E-state index contributed by atoms with van der Waals surface area (Å²) in [5, 5.41) is 12.2. The van der Waals surface area contributed by atoms with Crippen LogP contribution in [0, 0.1) is 0 Å². The second-order valence-corrected chi connectivity index (χ2v) is 4.56. The van der Waals surface area contributed by atoms with Crippen molar-refractivity contribution in [1.29, 1.82) is 0 Å². The molecule has 102 valence electrons. The molecule has 4 N–H and O–H groups in total. The Morgan fingerprint density at radius 1 is 1.42 bits per heavy atom. The number of carbonyl (C=O) groups is 2. The Hall–Kier alpha value is -2.08. The average molecular weight is 263 g/mol. The molecule has 0 spiro atoms. The van der Waals surface area contributed by atoms with Crippen molar-refractivity contribution < 1.29 is 14.7 Å². The number of anilines is 1. The maximum absolute atomic E-state index is 12.4. The van der Waals surface area contributed by atoms with Crippen LogP contribution in [0.25, 0.3) is 0 Å². The van der Waals surface area contributed by atoms with Crippen LogP contribution in [-0.4, -0.2) is 47.6 Å². The van der Waals surface area contributed by atoms with E-state index in [4.69, 9.17) is 5.73 Å². The van der Waals surface area contributed by atoms with Gasteiger partial charge in [-0.1, -0.05) is 12.1 Å². The molecule has 1 heterocycles. The molecular weight excluding hydrogens is 246 g/mol. The molecule has 2 amide bonds. The first-order valence-corrected chi connectivity index (χ1v) is 6.09. The summed E-state index contributed by atoms with van der Waals surface area (Å²) in [6.07, 6.45) is -0.436. The second-order valence-electron chi connectivity index (χ2n) is 4.56. The highest BCUT2D eigenvalue weighted by Gasteiger charge is 2.39. The number of amides is 2. The lowest BCUT2D eigenvalue weighted by Gasteiger charge is -2.23. The molecule has 1 aliphatic heterocycles. The Labute approximate surface area is 111 Å². The molecule has 2 atom stereocenters. The van der Waals surface area contributed by atoms with Crippen molar-refractivity contribution in [2.45, 2.75) is 18.6 Å². The maximum atomic E-state index is 12.4. The number of likely N-dealkylation sites (N-methyl/N-ethyl adjacent to an activating group) is 1. The molecule has 1 aromatic carbocycles. The molecule has 0 saturated carbocycles. The summed E-state index contributed by atoms with van der Waals surface area (Å²) in [5.74, 6) is -0.609. The van der Waals surface area contributed by atoms with Gasteiger partial charge >= 0.3 is 0 Å². The molecule has 1 saturated heterocycles. The van der Waals surface area contributed by atoms with Gasteiger partial charge in [0.25, 0.3) is 5.91 Å². The van der Waals surface area contributed by atoms with E-state index in [1.807, 2.05) is 0 Å². The van der Waals surface area contributed by atoms with Gasteiger partial charge in [-0.2, -0.15) is 0 Å². The zero-order chi connectivity index (χ0) is 14.0. The molecule has 1 aliphatic rings. The highest BCUT2D eigenvalue weighted by molar-refractivity contribution is 6.01. The van der Waals surface area contributed by atoms with Crippen LogP contribution >= 0.6 is 0 Å². The highest BCUT2D eigenvalue weighted by atomic mass is 16.3. The third kappa shape index (κ3) is 2.53. The van der Waals surface area contributed by atoms with Gasteiger partial charge in [-0.3, -0.25) is 9.59 Å². The van der Waals surface area contributed by atoms with Gasteiger partial charge < -0.3 is 21.1 Å². The minimum absolute atomic E-state index is 0.144. The Morgan fingerprint density at radius 2 is 2.11 bits per heavy atom. The molecule has 1 aromatic rings. The number of para-hydroxylation sites is 1. The zero-order valence-electron chi connectivity index (χ0n) is 10.7. The molecule has 19 heavy (non-hydrogen) atoms. The van der Waals surface area contributed by atoms with Gasteiger partial charge in [0.2, 0.25) is 5.91 Å². The molecule has 0 bridgehead atoms. The van der Waals surface area contributed by atoms with E-state index < -0.39 is 12.1 Å². The van der Waals surface area contributed by atoms with Crippen molar-refractivity contribution in [3.05, 3.63) is 29.8 Å². The standard InChI is InChI=1S/C13H17N3O3/c1-15-12(18)11-6-8(17)7-16(11)13(19)9-4-2-3-5-10(9)14/h2-5,8,11,17H,6-7,14H2,1H3,(H,15,18). The summed E-state index contributed by atoms with van der Waals surface area (Å²) in [6.45, 7) is 0.144. The first-order chi connectivity index (χ1) is 9.04. The summed E-state index contributed by atoms with van der Waals surface area (Å²) in [6, 6.07) is 6.05. The molecule has 0 aromatic heterocycles. The number of carbonyl (C=O) groups excluding carboxylic acids is 2. The van der Waals surface area contributed by atoms with E-state index in [-0.39, 0.29) is 24.8 Å². The van der Waals surface area contributed by atoms with Crippen molar-refractivity contribution in [2.75, 3.05) is 19.3 Å². The van der Waals surface area contributed by atoms with Crippen LogP contribution in [-0.2, 0) is 4.79 Å². The van der Waals surface area contributed by atoms with E-state index in [2.05, 4.69) is 5.32 Å². The largest absolute Gasteiger partial charge is 0.398 e. The van der Waals surface area contributed by atoms with E-state index in [9.17, 15) is 14.7 Å². The third-order valence-electron chi connectivity index (χ3n) is 3.28. The molecule has 1 fully saturated rings. The number of rotatable bonds is 2. The number of β-amino-alcohol motifs (C(OH)–C–C–N with tert-alkyl or cyclic N) is 1. The van der Waals surface area contributed by atoms with Gasteiger partial charge in [-0.25, -0.2) is 0 Å². The third-order valence-corrected chi connectivity index (χ3v) is 3.28. The van der Waals surface area contributed by atoms with Gasteiger partial charge in [-0.05, 0) is 12.1 Å². The topological polar surface area (TPSA) is 95.7 Å². The number of nitrogen functional groups attached to an aromatic ring is 1. The van der Waals surface area contributed by atoms with E-state index in [0.717, 1.165) is 0 Å². The first kappa shape index (κ1) is 13.4. The van der Waals surface area contributed by atoms with Gasteiger partial charge in [-0.15, -0.1) is 0 Å². The van der Waals surface area contributed by atoms with Crippen molar-refractivity contribution in [3.63, 3.8) is 0 Å². The molecule has 0 radical (unpaired) electrons. The number of hydrogen-bond acceptors (Lipinski definition) is 4. The lowest BCUT2D eigenvalue weighted by molar-refractivity contribution is -0.124. The number of hydrogen-bond donors (Lipinski definition) is 3. The van der Waals surface area contributed by atoms with Gasteiger partial charge in [0, 0.05) is 25.7 Å². The van der Waals surface area contributed by atoms with Crippen molar-refractivity contribution in [3.8, 4) is 0 Å². The number of nitrogens with zero attached hydrogens (tertiary/aromatic N) is 1. The Balaban J connectivity index is 2.27. The van der Waals surface area contributed by atoms with Crippen LogP contribution in [0.4, 0.5) is 5.69 Å². The van der Waals surface area contributed by atoms with E-state index in [1.54, 1.807) is 24.3 Å². The number of nitrogens with two attached hydrogens (primary N) is 1.